The summed E-state index contributed by atoms with van der Waals surface area (Å²) < 4.78 is 27.2. The van der Waals surface area contributed by atoms with Crippen molar-refractivity contribution in [3.05, 3.63) is 22.2 Å². The molecule has 0 saturated carbocycles. The first-order chi connectivity index (χ1) is 8.77. The summed E-state index contributed by atoms with van der Waals surface area (Å²) in [5.41, 5.74) is 1.13. The molecule has 0 aromatic heterocycles. The molecule has 0 unspecified atom stereocenters. The van der Waals surface area contributed by atoms with Crippen LogP contribution in [0.15, 0.2) is 21.5 Å². The predicted octanol–water partition coefficient (Wildman–Crippen LogP) is 2.40. The zero-order valence-corrected chi connectivity index (χ0v) is 13.5. The number of rotatable bonds is 5. The van der Waals surface area contributed by atoms with Crippen LogP contribution in [-0.4, -0.2) is 20.9 Å². The average molecular weight is 349 g/mol. The Kier molecular flexibility index (Phi) is 5.51. The molecule has 0 atom stereocenters. The van der Waals surface area contributed by atoms with E-state index in [4.69, 9.17) is 0 Å². The van der Waals surface area contributed by atoms with Crippen LogP contribution in [0.25, 0.3) is 0 Å². The smallest absolute Gasteiger partial charge is 0.240 e. The van der Waals surface area contributed by atoms with Crippen LogP contribution >= 0.6 is 15.9 Å². The van der Waals surface area contributed by atoms with Gasteiger partial charge < -0.3 is 5.32 Å². The maximum atomic E-state index is 12.1. The number of aryl methyl sites for hydroxylation is 1. The fraction of sp³-hybridized carbons (Fsp3) is 0.417. The highest BCUT2D eigenvalue weighted by atomic mass is 79.9. The molecular weight excluding hydrogens is 332 g/mol. The molecule has 7 heteroatoms. The van der Waals surface area contributed by atoms with Crippen LogP contribution in [0.1, 0.15) is 25.8 Å². The van der Waals surface area contributed by atoms with E-state index in [9.17, 15) is 13.2 Å². The van der Waals surface area contributed by atoms with Crippen molar-refractivity contribution in [2.24, 2.45) is 0 Å². The minimum atomic E-state index is -3.51. The highest BCUT2D eigenvalue weighted by Crippen LogP contribution is 2.28. The van der Waals surface area contributed by atoms with E-state index in [0.717, 1.165) is 6.42 Å². The Balaban J connectivity index is 3.18. The molecule has 1 rings (SSSR count). The average Bonchev–Trinajstić information content (AvgIpc) is 2.30. The zero-order valence-electron chi connectivity index (χ0n) is 11.1. The summed E-state index contributed by atoms with van der Waals surface area (Å²) in [6, 6.07) is 3.13. The molecule has 0 bridgehead atoms. The summed E-state index contributed by atoms with van der Waals surface area (Å²) >= 11 is 3.26. The normalized spacial score (nSPS) is 11.4. The number of carbonyl (C=O) groups excluding carboxylic acids is 1. The topological polar surface area (TPSA) is 75.3 Å². The minimum absolute atomic E-state index is 0.209. The van der Waals surface area contributed by atoms with E-state index in [0.29, 0.717) is 22.3 Å². The van der Waals surface area contributed by atoms with Crippen molar-refractivity contribution in [1.29, 1.82) is 0 Å². The van der Waals surface area contributed by atoms with Crippen molar-refractivity contribution in [1.82, 2.24) is 4.72 Å². The lowest BCUT2D eigenvalue weighted by atomic mass is 10.2. The molecule has 1 amide bonds. The number of hydrogen-bond acceptors (Lipinski definition) is 3. The molecule has 19 heavy (non-hydrogen) atoms. The Morgan fingerprint density at radius 2 is 2.00 bits per heavy atom. The van der Waals surface area contributed by atoms with Crippen LogP contribution in [0.2, 0.25) is 0 Å². The molecule has 1 aromatic rings. The quantitative estimate of drug-likeness (QED) is 0.857. The van der Waals surface area contributed by atoms with E-state index in [1.54, 1.807) is 13.0 Å². The highest BCUT2D eigenvalue weighted by molar-refractivity contribution is 9.10. The van der Waals surface area contributed by atoms with Crippen LogP contribution in [-0.2, 0) is 14.8 Å². The molecule has 0 heterocycles. The van der Waals surface area contributed by atoms with Gasteiger partial charge in [-0.05, 0) is 47.0 Å². The fourth-order valence-electron chi connectivity index (χ4n) is 1.55. The number of halogens is 1. The van der Waals surface area contributed by atoms with E-state index in [2.05, 4.69) is 26.0 Å². The van der Waals surface area contributed by atoms with Gasteiger partial charge in [-0.1, -0.05) is 6.92 Å². The largest absolute Gasteiger partial charge is 0.325 e. The maximum Gasteiger partial charge on any atom is 0.240 e. The second-order valence-corrected chi connectivity index (χ2v) is 6.77. The second kappa shape index (κ2) is 6.49. The molecule has 0 fully saturated rings. The Bertz CT molecular complexity index is 585. The lowest BCUT2D eigenvalue weighted by Gasteiger charge is -2.12. The molecule has 5 nitrogen and oxygen atoms in total. The van der Waals surface area contributed by atoms with Crippen LogP contribution in [0.3, 0.4) is 0 Å². The van der Waals surface area contributed by atoms with E-state index >= 15 is 0 Å². The van der Waals surface area contributed by atoms with Gasteiger partial charge in [0.15, 0.2) is 0 Å². The van der Waals surface area contributed by atoms with Crippen molar-refractivity contribution >= 4 is 37.5 Å². The number of hydrogen-bond donors (Lipinski definition) is 2. The van der Waals surface area contributed by atoms with E-state index in [-0.39, 0.29) is 10.8 Å². The highest BCUT2D eigenvalue weighted by Gasteiger charge is 2.18. The van der Waals surface area contributed by atoms with Crippen LogP contribution in [0.5, 0.6) is 0 Å². The summed E-state index contributed by atoms with van der Waals surface area (Å²) in [5, 5.41) is 2.63. The summed E-state index contributed by atoms with van der Waals surface area (Å²) in [6.45, 7) is 5.38. The number of amides is 1. The lowest BCUT2D eigenvalue weighted by Crippen LogP contribution is -2.25. The molecular formula is C12H17BrN2O3S. The summed E-state index contributed by atoms with van der Waals surface area (Å²) in [6.07, 6.45) is 0.726. The van der Waals surface area contributed by atoms with Crippen molar-refractivity contribution in [2.45, 2.75) is 32.1 Å². The Labute approximate surface area is 122 Å². The molecule has 2 N–H and O–H groups in total. The summed E-state index contributed by atoms with van der Waals surface area (Å²) in [7, 11) is -3.51. The van der Waals surface area contributed by atoms with E-state index < -0.39 is 10.0 Å². The van der Waals surface area contributed by atoms with Gasteiger partial charge in [-0.2, -0.15) is 0 Å². The maximum absolute atomic E-state index is 12.1. The van der Waals surface area contributed by atoms with E-state index in [1.165, 1.54) is 13.0 Å². The van der Waals surface area contributed by atoms with Gasteiger partial charge in [-0.3, -0.25) is 4.79 Å². The number of anilines is 1. The Morgan fingerprint density at radius 1 is 1.37 bits per heavy atom. The molecule has 0 aliphatic rings. The van der Waals surface area contributed by atoms with Crippen molar-refractivity contribution in [3.63, 3.8) is 0 Å². The van der Waals surface area contributed by atoms with Crippen molar-refractivity contribution < 1.29 is 13.2 Å². The van der Waals surface area contributed by atoms with Gasteiger partial charge in [0, 0.05) is 17.9 Å². The van der Waals surface area contributed by atoms with Gasteiger partial charge in [-0.25, -0.2) is 13.1 Å². The number of benzene rings is 1. The third-order valence-corrected chi connectivity index (χ3v) is 4.67. The minimum Gasteiger partial charge on any atom is -0.325 e. The summed E-state index contributed by atoms with van der Waals surface area (Å²) in [5.74, 6) is -0.209. The van der Waals surface area contributed by atoms with Gasteiger partial charge >= 0.3 is 0 Å². The first-order valence-electron chi connectivity index (χ1n) is 5.85. The van der Waals surface area contributed by atoms with Crippen LogP contribution in [0.4, 0.5) is 5.69 Å². The van der Waals surface area contributed by atoms with Crippen molar-refractivity contribution in [2.75, 3.05) is 11.9 Å². The zero-order chi connectivity index (χ0) is 14.6. The molecule has 0 aliphatic heterocycles. The van der Waals surface area contributed by atoms with Gasteiger partial charge in [-0.15, -0.1) is 0 Å². The van der Waals surface area contributed by atoms with Gasteiger partial charge in [0.2, 0.25) is 15.9 Å². The van der Waals surface area contributed by atoms with E-state index in [1.807, 2.05) is 6.92 Å². The molecule has 1 aromatic carbocycles. The Hall–Kier alpha value is -0.920. The monoisotopic (exact) mass is 348 g/mol. The number of carbonyl (C=O) groups is 1. The molecule has 0 aliphatic carbocycles. The van der Waals surface area contributed by atoms with Gasteiger partial charge in [0.05, 0.1) is 10.6 Å². The van der Waals surface area contributed by atoms with Gasteiger partial charge in [0.25, 0.3) is 0 Å². The molecule has 0 spiro atoms. The standard InChI is InChI=1S/C12H17BrN2O3S/c1-4-5-14-19(17,18)12-7-10(13)11(6-8(12)2)15-9(3)16/h6-7,14H,4-5H2,1-3H3,(H,15,16). The lowest BCUT2D eigenvalue weighted by molar-refractivity contribution is -0.114. The second-order valence-electron chi connectivity index (χ2n) is 4.18. The summed E-state index contributed by atoms with van der Waals surface area (Å²) in [4.78, 5) is 11.2. The molecule has 0 saturated heterocycles. The SMILES string of the molecule is CCCNS(=O)(=O)c1cc(Br)c(NC(C)=O)cc1C. The number of sulfonamides is 1. The Morgan fingerprint density at radius 3 is 2.53 bits per heavy atom. The number of nitrogens with one attached hydrogen (secondary N) is 2. The molecule has 0 radical (unpaired) electrons. The van der Waals surface area contributed by atoms with Crippen LogP contribution in [0, 0.1) is 6.92 Å². The third kappa shape index (κ3) is 4.29. The van der Waals surface area contributed by atoms with Crippen LogP contribution < -0.4 is 10.0 Å². The van der Waals surface area contributed by atoms with Gasteiger partial charge in [0.1, 0.15) is 0 Å². The fourth-order valence-corrected chi connectivity index (χ4v) is 3.53. The predicted molar refractivity (Wildman–Crippen MR) is 78.7 cm³/mol. The first-order valence-corrected chi connectivity index (χ1v) is 8.13. The first kappa shape index (κ1) is 16.1. The molecule has 106 valence electrons. The van der Waals surface area contributed by atoms with Crippen molar-refractivity contribution in [3.8, 4) is 0 Å². The third-order valence-electron chi connectivity index (χ3n) is 2.41.